The largest absolute Gasteiger partial charge is 0.391 e. The Morgan fingerprint density at radius 3 is 2.91 bits per heavy atom. The van der Waals surface area contributed by atoms with Crippen LogP contribution in [0.15, 0.2) is 42.7 Å². The topological polar surface area (TPSA) is 50.1 Å². The fourth-order valence-corrected chi connectivity index (χ4v) is 3.37. The van der Waals surface area contributed by atoms with Crippen LogP contribution in [-0.4, -0.2) is 27.0 Å². The Bertz CT molecular complexity index is 582. The Morgan fingerprint density at radius 2 is 2.14 bits per heavy atom. The standard InChI is InChI=1S/C18H25N3O/c1-2-14-5-3-6-15(9-14)12-19-17-10-16(11-18(17)22)13-21-8-4-7-20-21/h3-9,16-19,22H,2,10-13H2,1H3/t16?,17-,18-/m1/s1. The summed E-state index contributed by atoms with van der Waals surface area (Å²) in [4.78, 5) is 0. The van der Waals surface area contributed by atoms with Crippen LogP contribution >= 0.6 is 0 Å². The van der Waals surface area contributed by atoms with Crippen molar-refractivity contribution in [3.63, 3.8) is 0 Å². The molecule has 1 fully saturated rings. The van der Waals surface area contributed by atoms with Gasteiger partial charge in [0.05, 0.1) is 6.10 Å². The Kier molecular flexibility index (Phi) is 4.90. The normalized spacial score (nSPS) is 24.7. The van der Waals surface area contributed by atoms with Crippen molar-refractivity contribution in [1.82, 2.24) is 15.1 Å². The maximum Gasteiger partial charge on any atom is 0.0696 e. The molecule has 1 aromatic carbocycles. The lowest BCUT2D eigenvalue weighted by molar-refractivity contribution is 0.145. The van der Waals surface area contributed by atoms with E-state index < -0.39 is 0 Å². The number of aryl methyl sites for hydroxylation is 1. The number of benzene rings is 1. The van der Waals surface area contributed by atoms with Gasteiger partial charge < -0.3 is 10.4 Å². The molecule has 0 bridgehead atoms. The quantitative estimate of drug-likeness (QED) is 0.861. The Balaban J connectivity index is 1.52. The molecule has 118 valence electrons. The van der Waals surface area contributed by atoms with Crippen molar-refractivity contribution in [2.24, 2.45) is 5.92 Å². The van der Waals surface area contributed by atoms with Gasteiger partial charge in [-0.15, -0.1) is 0 Å². The second kappa shape index (κ2) is 7.07. The maximum atomic E-state index is 10.3. The molecule has 2 N–H and O–H groups in total. The highest BCUT2D eigenvalue weighted by Gasteiger charge is 2.32. The number of aliphatic hydroxyl groups is 1. The molecule has 1 saturated carbocycles. The second-order valence-electron chi connectivity index (χ2n) is 6.29. The molecule has 1 unspecified atom stereocenters. The van der Waals surface area contributed by atoms with Gasteiger partial charge in [-0.3, -0.25) is 4.68 Å². The molecule has 0 aliphatic heterocycles. The third kappa shape index (κ3) is 3.76. The minimum absolute atomic E-state index is 0.186. The third-order valence-corrected chi connectivity index (χ3v) is 4.60. The van der Waals surface area contributed by atoms with Gasteiger partial charge in [-0.25, -0.2) is 0 Å². The third-order valence-electron chi connectivity index (χ3n) is 4.60. The first-order valence-electron chi connectivity index (χ1n) is 8.21. The molecule has 3 atom stereocenters. The predicted molar refractivity (Wildman–Crippen MR) is 87.4 cm³/mol. The first-order chi connectivity index (χ1) is 10.7. The molecule has 4 nitrogen and oxygen atoms in total. The van der Waals surface area contributed by atoms with Crippen LogP contribution in [0.25, 0.3) is 0 Å². The van der Waals surface area contributed by atoms with Crippen molar-refractivity contribution in [3.05, 3.63) is 53.9 Å². The van der Waals surface area contributed by atoms with Crippen molar-refractivity contribution in [3.8, 4) is 0 Å². The smallest absolute Gasteiger partial charge is 0.0696 e. The van der Waals surface area contributed by atoms with E-state index in [1.54, 1.807) is 0 Å². The number of nitrogens with one attached hydrogen (secondary N) is 1. The molecule has 1 aliphatic carbocycles. The van der Waals surface area contributed by atoms with Gasteiger partial charge in [-0.2, -0.15) is 5.10 Å². The lowest BCUT2D eigenvalue weighted by Gasteiger charge is -2.16. The second-order valence-corrected chi connectivity index (χ2v) is 6.29. The average Bonchev–Trinajstić information content (AvgIpc) is 3.15. The molecule has 4 heteroatoms. The van der Waals surface area contributed by atoms with Gasteiger partial charge in [0.15, 0.2) is 0 Å². The molecule has 0 amide bonds. The molecule has 22 heavy (non-hydrogen) atoms. The zero-order chi connectivity index (χ0) is 15.4. The van der Waals surface area contributed by atoms with Crippen LogP contribution < -0.4 is 5.32 Å². The van der Waals surface area contributed by atoms with Gasteiger partial charge in [0.1, 0.15) is 0 Å². The van der Waals surface area contributed by atoms with E-state index in [9.17, 15) is 5.11 Å². The molecule has 1 aromatic heterocycles. The summed E-state index contributed by atoms with van der Waals surface area (Å²) in [5, 5.41) is 18.1. The highest BCUT2D eigenvalue weighted by molar-refractivity contribution is 5.23. The number of hydrogen-bond donors (Lipinski definition) is 2. The minimum Gasteiger partial charge on any atom is -0.391 e. The summed E-state index contributed by atoms with van der Waals surface area (Å²) >= 11 is 0. The Morgan fingerprint density at radius 1 is 1.27 bits per heavy atom. The van der Waals surface area contributed by atoms with E-state index in [-0.39, 0.29) is 12.1 Å². The summed E-state index contributed by atoms with van der Waals surface area (Å²) in [5.41, 5.74) is 2.66. The molecule has 0 spiro atoms. The highest BCUT2D eigenvalue weighted by Crippen LogP contribution is 2.27. The van der Waals surface area contributed by atoms with Gasteiger partial charge in [-0.1, -0.05) is 31.2 Å². The van der Waals surface area contributed by atoms with E-state index in [2.05, 4.69) is 41.6 Å². The molecule has 3 rings (SSSR count). The minimum atomic E-state index is -0.255. The van der Waals surface area contributed by atoms with Gasteiger partial charge in [0.2, 0.25) is 0 Å². The molecule has 0 radical (unpaired) electrons. The lowest BCUT2D eigenvalue weighted by Crippen LogP contribution is -2.35. The first kappa shape index (κ1) is 15.3. The van der Waals surface area contributed by atoms with E-state index in [1.165, 1.54) is 11.1 Å². The van der Waals surface area contributed by atoms with Crippen molar-refractivity contribution in [2.75, 3.05) is 0 Å². The van der Waals surface area contributed by atoms with E-state index in [0.717, 1.165) is 32.4 Å². The van der Waals surface area contributed by atoms with Crippen LogP contribution in [0.3, 0.4) is 0 Å². The van der Waals surface area contributed by atoms with Crippen LogP contribution in [0.1, 0.15) is 30.9 Å². The molecule has 0 saturated heterocycles. The van der Waals surface area contributed by atoms with Crippen LogP contribution in [0.5, 0.6) is 0 Å². The van der Waals surface area contributed by atoms with E-state index in [0.29, 0.717) is 5.92 Å². The Hall–Kier alpha value is -1.65. The first-order valence-corrected chi connectivity index (χ1v) is 8.21. The number of aliphatic hydroxyl groups excluding tert-OH is 1. The molecular formula is C18H25N3O. The van der Waals surface area contributed by atoms with Gasteiger partial charge >= 0.3 is 0 Å². The average molecular weight is 299 g/mol. The predicted octanol–water partition coefficient (Wildman–Crippen LogP) is 2.37. The van der Waals surface area contributed by atoms with Gasteiger partial charge in [0.25, 0.3) is 0 Å². The summed E-state index contributed by atoms with van der Waals surface area (Å²) in [6, 6.07) is 10.8. The number of rotatable bonds is 6. The summed E-state index contributed by atoms with van der Waals surface area (Å²) in [5.74, 6) is 0.495. The van der Waals surface area contributed by atoms with Crippen LogP contribution in [0.4, 0.5) is 0 Å². The monoisotopic (exact) mass is 299 g/mol. The summed E-state index contributed by atoms with van der Waals surface area (Å²) < 4.78 is 1.96. The van der Waals surface area contributed by atoms with Gasteiger partial charge in [0, 0.05) is 31.5 Å². The summed E-state index contributed by atoms with van der Waals surface area (Å²) in [7, 11) is 0. The van der Waals surface area contributed by atoms with Crippen LogP contribution in [-0.2, 0) is 19.5 Å². The molecule has 1 aliphatic rings. The van der Waals surface area contributed by atoms with Crippen molar-refractivity contribution in [2.45, 2.75) is 51.4 Å². The SMILES string of the molecule is CCc1cccc(CN[C@@H]2CC(Cn3cccn3)C[C@H]2O)c1. The van der Waals surface area contributed by atoms with E-state index >= 15 is 0 Å². The molecule has 2 aromatic rings. The molecule has 1 heterocycles. The number of nitrogens with zero attached hydrogens (tertiary/aromatic N) is 2. The highest BCUT2D eigenvalue weighted by atomic mass is 16.3. The molecular weight excluding hydrogens is 274 g/mol. The zero-order valence-corrected chi connectivity index (χ0v) is 13.2. The van der Waals surface area contributed by atoms with E-state index in [4.69, 9.17) is 0 Å². The summed E-state index contributed by atoms with van der Waals surface area (Å²) in [6.07, 6.45) is 6.47. The number of hydrogen-bond acceptors (Lipinski definition) is 3. The number of aromatic nitrogens is 2. The Labute approximate surface area is 132 Å². The van der Waals surface area contributed by atoms with Crippen molar-refractivity contribution in [1.29, 1.82) is 0 Å². The lowest BCUT2D eigenvalue weighted by atomic mass is 10.1. The van der Waals surface area contributed by atoms with Crippen molar-refractivity contribution < 1.29 is 5.11 Å². The van der Waals surface area contributed by atoms with Crippen LogP contribution in [0, 0.1) is 5.92 Å². The van der Waals surface area contributed by atoms with Crippen LogP contribution in [0.2, 0.25) is 0 Å². The van der Waals surface area contributed by atoms with Crippen molar-refractivity contribution >= 4 is 0 Å². The summed E-state index contributed by atoms with van der Waals surface area (Å²) in [6.45, 7) is 3.89. The maximum absolute atomic E-state index is 10.3. The fourth-order valence-electron chi connectivity index (χ4n) is 3.37. The fraction of sp³-hybridized carbons (Fsp3) is 0.500. The van der Waals surface area contributed by atoms with E-state index in [1.807, 2.05) is 23.1 Å². The van der Waals surface area contributed by atoms with Gasteiger partial charge in [-0.05, 0) is 42.4 Å². The zero-order valence-electron chi connectivity index (χ0n) is 13.2.